The number of hydrogen-bond donors (Lipinski definition) is 1. The molecule has 1 fully saturated rings. The predicted molar refractivity (Wildman–Crippen MR) is 139 cm³/mol. The highest BCUT2D eigenvalue weighted by molar-refractivity contribution is 5.95. The number of piperazine rings is 1. The molecule has 34 heavy (non-hydrogen) atoms. The Morgan fingerprint density at radius 3 is 2.35 bits per heavy atom. The molecule has 0 aliphatic carbocycles. The highest BCUT2D eigenvalue weighted by Crippen LogP contribution is 2.28. The van der Waals surface area contributed by atoms with Crippen molar-refractivity contribution >= 4 is 11.6 Å². The summed E-state index contributed by atoms with van der Waals surface area (Å²) in [7, 11) is 1.73. The maximum Gasteiger partial charge on any atom is 0.251 e. The highest BCUT2D eigenvalue weighted by atomic mass is 16.5. The summed E-state index contributed by atoms with van der Waals surface area (Å²) in [5.41, 5.74) is 4.37. The first-order valence-corrected chi connectivity index (χ1v) is 12.2. The topological polar surface area (TPSA) is 44.8 Å². The Labute approximate surface area is 203 Å². The van der Waals surface area contributed by atoms with Crippen LogP contribution in [-0.4, -0.2) is 57.2 Å². The molecule has 0 aromatic heterocycles. The molecule has 1 N–H and O–H groups in total. The minimum atomic E-state index is 0.0321. The molecule has 4 rings (SSSR count). The van der Waals surface area contributed by atoms with E-state index in [4.69, 9.17) is 4.74 Å². The van der Waals surface area contributed by atoms with Gasteiger partial charge in [0.15, 0.2) is 0 Å². The Morgan fingerprint density at radius 1 is 0.853 bits per heavy atom. The zero-order valence-electron chi connectivity index (χ0n) is 20.1. The van der Waals surface area contributed by atoms with Crippen LogP contribution in [0, 0.1) is 0 Å². The van der Waals surface area contributed by atoms with Gasteiger partial charge in [0.05, 0.1) is 12.8 Å². The Balaban J connectivity index is 1.20. The molecular weight excluding hydrogens is 422 g/mol. The molecule has 0 bridgehead atoms. The van der Waals surface area contributed by atoms with Crippen molar-refractivity contribution in [1.29, 1.82) is 0 Å². The van der Waals surface area contributed by atoms with E-state index in [1.807, 2.05) is 36.4 Å². The number of carbonyl (C=O) groups is 1. The van der Waals surface area contributed by atoms with E-state index in [2.05, 4.69) is 57.6 Å². The average molecular weight is 458 g/mol. The quantitative estimate of drug-likeness (QED) is 0.458. The largest absolute Gasteiger partial charge is 0.495 e. The number of para-hydroxylation sites is 2. The SMILES string of the molecule is COc1ccccc1N1CCN(CCCNC(=O)c2ccccc2CCc2ccccc2)CC1. The zero-order valence-corrected chi connectivity index (χ0v) is 20.1. The summed E-state index contributed by atoms with van der Waals surface area (Å²) in [5, 5.41) is 3.13. The third-order valence-electron chi connectivity index (χ3n) is 6.52. The van der Waals surface area contributed by atoms with Gasteiger partial charge in [0.1, 0.15) is 5.75 Å². The van der Waals surface area contributed by atoms with E-state index in [9.17, 15) is 4.79 Å². The number of ether oxygens (including phenoxy) is 1. The third-order valence-corrected chi connectivity index (χ3v) is 6.52. The molecule has 3 aromatic carbocycles. The summed E-state index contributed by atoms with van der Waals surface area (Å²) in [6.07, 6.45) is 2.75. The molecule has 3 aromatic rings. The summed E-state index contributed by atoms with van der Waals surface area (Å²) >= 11 is 0. The molecule has 178 valence electrons. The number of hydrogen-bond acceptors (Lipinski definition) is 4. The Bertz CT molecular complexity index is 1050. The van der Waals surface area contributed by atoms with E-state index < -0.39 is 0 Å². The van der Waals surface area contributed by atoms with Gasteiger partial charge in [-0.1, -0.05) is 60.7 Å². The molecule has 1 saturated heterocycles. The number of nitrogens with one attached hydrogen (secondary N) is 1. The van der Waals surface area contributed by atoms with Gasteiger partial charge in [0.25, 0.3) is 5.91 Å². The molecule has 1 amide bonds. The maximum atomic E-state index is 12.8. The molecule has 0 radical (unpaired) electrons. The highest BCUT2D eigenvalue weighted by Gasteiger charge is 2.19. The summed E-state index contributed by atoms with van der Waals surface area (Å²) in [5.74, 6) is 0.965. The molecule has 1 aliphatic rings. The minimum absolute atomic E-state index is 0.0321. The Kier molecular flexibility index (Phi) is 8.58. The number of nitrogens with zero attached hydrogens (tertiary/aromatic N) is 2. The predicted octanol–water partition coefficient (Wildman–Crippen LogP) is 4.42. The smallest absolute Gasteiger partial charge is 0.251 e. The van der Waals surface area contributed by atoms with E-state index in [-0.39, 0.29) is 5.91 Å². The molecule has 1 heterocycles. The van der Waals surface area contributed by atoms with Gasteiger partial charge in [-0.25, -0.2) is 0 Å². The number of carbonyl (C=O) groups excluding carboxylic acids is 1. The van der Waals surface area contributed by atoms with E-state index in [1.165, 1.54) is 11.3 Å². The van der Waals surface area contributed by atoms with Crippen molar-refractivity contribution in [2.45, 2.75) is 19.3 Å². The summed E-state index contributed by atoms with van der Waals surface area (Å²) in [6, 6.07) is 26.6. The molecule has 0 saturated carbocycles. The van der Waals surface area contributed by atoms with Crippen LogP contribution in [0.5, 0.6) is 5.75 Å². The lowest BCUT2D eigenvalue weighted by Gasteiger charge is -2.36. The lowest BCUT2D eigenvalue weighted by atomic mass is 9.99. The van der Waals surface area contributed by atoms with Crippen LogP contribution in [0.1, 0.15) is 27.9 Å². The van der Waals surface area contributed by atoms with Crippen LogP contribution < -0.4 is 15.0 Å². The van der Waals surface area contributed by atoms with Crippen LogP contribution in [0.25, 0.3) is 0 Å². The van der Waals surface area contributed by atoms with E-state index in [0.717, 1.165) is 68.9 Å². The van der Waals surface area contributed by atoms with Gasteiger partial charge < -0.3 is 15.0 Å². The number of anilines is 1. The monoisotopic (exact) mass is 457 g/mol. The first-order valence-electron chi connectivity index (χ1n) is 12.2. The van der Waals surface area contributed by atoms with Gasteiger partial charge in [-0.15, -0.1) is 0 Å². The van der Waals surface area contributed by atoms with Crippen LogP contribution in [0.3, 0.4) is 0 Å². The number of aryl methyl sites for hydroxylation is 2. The second-order valence-corrected chi connectivity index (χ2v) is 8.75. The van der Waals surface area contributed by atoms with E-state index in [0.29, 0.717) is 6.54 Å². The van der Waals surface area contributed by atoms with Gasteiger partial charge in [0.2, 0.25) is 0 Å². The second-order valence-electron chi connectivity index (χ2n) is 8.75. The van der Waals surface area contributed by atoms with Crippen LogP contribution in [0.2, 0.25) is 0 Å². The molecule has 0 unspecified atom stereocenters. The second kappa shape index (κ2) is 12.2. The molecule has 5 nitrogen and oxygen atoms in total. The first-order chi connectivity index (χ1) is 16.7. The van der Waals surface area contributed by atoms with Crippen molar-refractivity contribution in [3.8, 4) is 5.75 Å². The van der Waals surface area contributed by atoms with E-state index in [1.54, 1.807) is 7.11 Å². The van der Waals surface area contributed by atoms with E-state index >= 15 is 0 Å². The van der Waals surface area contributed by atoms with Gasteiger partial charge in [-0.05, 0) is 55.1 Å². The summed E-state index contributed by atoms with van der Waals surface area (Å²) in [4.78, 5) is 17.7. The lowest BCUT2D eigenvalue weighted by Crippen LogP contribution is -2.47. The average Bonchev–Trinajstić information content (AvgIpc) is 2.91. The van der Waals surface area contributed by atoms with Crippen molar-refractivity contribution in [3.05, 3.63) is 95.6 Å². The summed E-state index contributed by atoms with van der Waals surface area (Å²) in [6.45, 7) is 5.71. The standard InChI is InChI=1S/C29H35N3O2/c1-34-28-15-8-7-14-27(28)32-22-20-31(21-23-32)19-9-18-30-29(33)26-13-6-5-12-25(26)17-16-24-10-3-2-4-11-24/h2-8,10-15H,9,16-23H2,1H3,(H,30,33). The van der Waals surface area contributed by atoms with Gasteiger partial charge in [-0.2, -0.15) is 0 Å². The van der Waals surface area contributed by atoms with Crippen molar-refractivity contribution < 1.29 is 9.53 Å². The fourth-order valence-electron chi connectivity index (χ4n) is 4.59. The number of benzene rings is 3. The third kappa shape index (κ3) is 6.39. The lowest BCUT2D eigenvalue weighted by molar-refractivity contribution is 0.0950. The van der Waals surface area contributed by atoms with Gasteiger partial charge >= 0.3 is 0 Å². The molecular formula is C29H35N3O2. The van der Waals surface area contributed by atoms with Crippen LogP contribution in [0.15, 0.2) is 78.9 Å². The maximum absolute atomic E-state index is 12.8. The molecule has 0 spiro atoms. The fourth-order valence-corrected chi connectivity index (χ4v) is 4.59. The molecule has 1 aliphatic heterocycles. The molecule has 0 atom stereocenters. The van der Waals surface area contributed by atoms with Gasteiger partial charge in [-0.3, -0.25) is 9.69 Å². The molecule has 5 heteroatoms. The first kappa shape index (κ1) is 23.8. The van der Waals surface area contributed by atoms with Crippen molar-refractivity contribution in [2.75, 3.05) is 51.3 Å². The van der Waals surface area contributed by atoms with Crippen LogP contribution in [0.4, 0.5) is 5.69 Å². The van der Waals surface area contributed by atoms with Crippen LogP contribution >= 0.6 is 0 Å². The van der Waals surface area contributed by atoms with Crippen LogP contribution in [-0.2, 0) is 12.8 Å². The van der Waals surface area contributed by atoms with Crippen molar-refractivity contribution in [3.63, 3.8) is 0 Å². The number of methoxy groups -OCH3 is 1. The summed E-state index contributed by atoms with van der Waals surface area (Å²) < 4.78 is 5.51. The van der Waals surface area contributed by atoms with Crippen molar-refractivity contribution in [1.82, 2.24) is 10.2 Å². The zero-order chi connectivity index (χ0) is 23.6. The fraction of sp³-hybridized carbons (Fsp3) is 0.345. The minimum Gasteiger partial charge on any atom is -0.495 e. The Morgan fingerprint density at radius 2 is 1.56 bits per heavy atom. The van der Waals surface area contributed by atoms with Crippen molar-refractivity contribution in [2.24, 2.45) is 0 Å². The number of amides is 1. The van der Waals surface area contributed by atoms with Gasteiger partial charge in [0, 0.05) is 38.3 Å². The normalized spacial score (nSPS) is 14.1. The Hall–Kier alpha value is -3.31. The number of rotatable bonds is 10.